The summed E-state index contributed by atoms with van der Waals surface area (Å²) < 4.78 is 0. The fraction of sp³-hybridized carbons (Fsp3) is 0.273. The van der Waals surface area contributed by atoms with Crippen molar-refractivity contribution in [3.63, 3.8) is 0 Å². The Hall–Kier alpha value is -2.43. The summed E-state index contributed by atoms with van der Waals surface area (Å²) in [5, 5.41) is 11.9. The Morgan fingerprint density at radius 1 is 0.815 bits per heavy atom. The van der Waals surface area contributed by atoms with Crippen molar-refractivity contribution in [2.45, 2.75) is 19.4 Å². The molecule has 0 aliphatic heterocycles. The highest BCUT2D eigenvalue weighted by Gasteiger charge is 2.02. The topological polar surface area (TPSA) is 41.0 Å². The third-order valence-corrected chi connectivity index (χ3v) is 4.30. The normalized spacial score (nSPS) is 10.4. The minimum absolute atomic E-state index is 0. The second-order valence-electron chi connectivity index (χ2n) is 6.53. The van der Waals surface area contributed by atoms with Gasteiger partial charge in [0.2, 0.25) is 0 Å². The van der Waals surface area contributed by atoms with Crippen molar-refractivity contribution in [1.29, 1.82) is 0 Å². The molecule has 0 unspecified atom stereocenters. The van der Waals surface area contributed by atoms with Crippen molar-refractivity contribution in [3.05, 3.63) is 78.4 Å². The molecule has 1 N–H and O–H groups in total. The molecule has 5 heteroatoms. The monoisotopic (exact) mass is 382 g/mol. The van der Waals surface area contributed by atoms with Gasteiger partial charge in [0.15, 0.2) is 0 Å². The van der Waals surface area contributed by atoms with Gasteiger partial charge in [-0.1, -0.05) is 60.7 Å². The van der Waals surface area contributed by atoms with E-state index in [1.807, 2.05) is 42.5 Å². The molecular formula is C22H27ClN4. The third-order valence-electron chi connectivity index (χ3n) is 4.30. The van der Waals surface area contributed by atoms with Gasteiger partial charge >= 0.3 is 0 Å². The molecule has 0 bridgehead atoms. The summed E-state index contributed by atoms with van der Waals surface area (Å²) >= 11 is 0. The lowest BCUT2D eigenvalue weighted by Gasteiger charge is -2.16. The Kier molecular flexibility index (Phi) is 8.75. The first-order valence-electron chi connectivity index (χ1n) is 9.17. The second kappa shape index (κ2) is 11.3. The number of hydrogen-bond acceptors (Lipinski definition) is 4. The lowest BCUT2D eigenvalue weighted by molar-refractivity contribution is 0.320. The minimum Gasteiger partial charge on any atom is -0.369 e. The van der Waals surface area contributed by atoms with Crippen molar-refractivity contribution in [2.75, 3.05) is 25.5 Å². The number of anilines is 1. The summed E-state index contributed by atoms with van der Waals surface area (Å²) in [5.41, 5.74) is 3.36. The molecule has 0 radical (unpaired) electrons. The van der Waals surface area contributed by atoms with E-state index in [-0.39, 0.29) is 12.4 Å². The van der Waals surface area contributed by atoms with Gasteiger partial charge in [-0.25, -0.2) is 0 Å². The maximum absolute atomic E-state index is 4.30. The number of aromatic nitrogens is 2. The Labute approximate surface area is 168 Å². The van der Waals surface area contributed by atoms with E-state index in [0.29, 0.717) is 0 Å². The lowest BCUT2D eigenvalue weighted by Crippen LogP contribution is -2.19. The number of unbranched alkanes of at least 4 members (excludes halogenated alkanes) is 1. The summed E-state index contributed by atoms with van der Waals surface area (Å²) in [6.45, 7) is 3.01. The molecular weight excluding hydrogens is 356 g/mol. The van der Waals surface area contributed by atoms with Crippen LogP contribution in [0.25, 0.3) is 11.3 Å². The summed E-state index contributed by atoms with van der Waals surface area (Å²) in [7, 11) is 2.17. The van der Waals surface area contributed by atoms with E-state index in [0.717, 1.165) is 49.6 Å². The van der Waals surface area contributed by atoms with Crippen molar-refractivity contribution in [3.8, 4) is 11.3 Å². The summed E-state index contributed by atoms with van der Waals surface area (Å²) in [5.74, 6) is 0.835. The SMILES string of the molecule is CN(CCCCNc1ccc(-c2ccccc2)nn1)Cc1ccccc1.Cl. The first kappa shape index (κ1) is 20.9. The van der Waals surface area contributed by atoms with Crippen molar-refractivity contribution in [2.24, 2.45) is 0 Å². The Bertz CT molecular complexity index is 763. The van der Waals surface area contributed by atoms with Gasteiger partial charge in [0.05, 0.1) is 5.69 Å². The lowest BCUT2D eigenvalue weighted by atomic mass is 10.1. The average molecular weight is 383 g/mol. The molecule has 1 heterocycles. The fourth-order valence-corrected chi connectivity index (χ4v) is 2.89. The molecule has 0 fully saturated rings. The van der Waals surface area contributed by atoms with Crippen LogP contribution in [-0.4, -0.2) is 35.2 Å². The van der Waals surface area contributed by atoms with Crippen LogP contribution >= 0.6 is 12.4 Å². The van der Waals surface area contributed by atoms with Crippen LogP contribution in [0, 0.1) is 0 Å². The zero-order chi connectivity index (χ0) is 18.0. The van der Waals surface area contributed by atoms with Crippen LogP contribution in [-0.2, 0) is 6.54 Å². The van der Waals surface area contributed by atoms with Crippen LogP contribution in [0.15, 0.2) is 72.8 Å². The highest BCUT2D eigenvalue weighted by Crippen LogP contribution is 2.16. The average Bonchev–Trinajstić information content (AvgIpc) is 2.70. The molecule has 0 amide bonds. The molecule has 1 aromatic heterocycles. The molecule has 3 rings (SSSR count). The first-order chi connectivity index (χ1) is 12.8. The predicted molar refractivity (Wildman–Crippen MR) is 115 cm³/mol. The maximum atomic E-state index is 4.30. The van der Waals surface area contributed by atoms with E-state index in [9.17, 15) is 0 Å². The molecule has 0 saturated heterocycles. The largest absolute Gasteiger partial charge is 0.369 e. The number of hydrogen-bond donors (Lipinski definition) is 1. The zero-order valence-corrected chi connectivity index (χ0v) is 16.5. The highest BCUT2D eigenvalue weighted by atomic mass is 35.5. The summed E-state index contributed by atoms with van der Waals surface area (Å²) in [6, 6.07) is 24.7. The summed E-state index contributed by atoms with van der Waals surface area (Å²) in [6.07, 6.45) is 2.27. The van der Waals surface area contributed by atoms with Crippen LogP contribution in [0.5, 0.6) is 0 Å². The second-order valence-corrected chi connectivity index (χ2v) is 6.53. The van der Waals surface area contributed by atoms with E-state index >= 15 is 0 Å². The van der Waals surface area contributed by atoms with Crippen LogP contribution < -0.4 is 5.32 Å². The molecule has 4 nitrogen and oxygen atoms in total. The van der Waals surface area contributed by atoms with Gasteiger partial charge in [-0.15, -0.1) is 22.6 Å². The third kappa shape index (κ3) is 7.00. The Morgan fingerprint density at radius 3 is 2.19 bits per heavy atom. The number of nitrogens with one attached hydrogen (secondary N) is 1. The van der Waals surface area contributed by atoms with Gasteiger partial charge in [0.1, 0.15) is 5.82 Å². The quantitative estimate of drug-likeness (QED) is 0.535. The molecule has 0 atom stereocenters. The smallest absolute Gasteiger partial charge is 0.148 e. The Morgan fingerprint density at radius 2 is 1.52 bits per heavy atom. The molecule has 3 aromatic rings. The molecule has 27 heavy (non-hydrogen) atoms. The van der Waals surface area contributed by atoms with E-state index < -0.39 is 0 Å². The van der Waals surface area contributed by atoms with Gasteiger partial charge in [0, 0.05) is 18.7 Å². The van der Waals surface area contributed by atoms with E-state index in [1.54, 1.807) is 0 Å². The fourth-order valence-electron chi connectivity index (χ4n) is 2.89. The standard InChI is InChI=1S/C22H26N4.ClH/c1-26(18-19-10-4-2-5-11-19)17-9-8-16-23-22-15-14-21(24-25-22)20-12-6-3-7-13-20;/h2-7,10-15H,8-9,16-18H2,1H3,(H,23,25);1H. The van der Waals surface area contributed by atoms with Crippen LogP contribution in [0.3, 0.4) is 0 Å². The van der Waals surface area contributed by atoms with Crippen molar-refractivity contribution >= 4 is 18.2 Å². The number of halogens is 1. The first-order valence-corrected chi connectivity index (χ1v) is 9.17. The van der Waals surface area contributed by atoms with Crippen LogP contribution in [0.2, 0.25) is 0 Å². The van der Waals surface area contributed by atoms with Gasteiger partial charge < -0.3 is 10.2 Å². The number of rotatable bonds is 9. The zero-order valence-electron chi connectivity index (χ0n) is 15.7. The highest BCUT2D eigenvalue weighted by molar-refractivity contribution is 5.85. The number of nitrogens with zero attached hydrogens (tertiary/aromatic N) is 3. The van der Waals surface area contributed by atoms with Crippen LogP contribution in [0.4, 0.5) is 5.82 Å². The van der Waals surface area contributed by atoms with Gasteiger partial charge in [-0.3, -0.25) is 0 Å². The predicted octanol–water partition coefficient (Wildman–Crippen LogP) is 4.89. The van der Waals surface area contributed by atoms with E-state index in [4.69, 9.17) is 0 Å². The van der Waals surface area contributed by atoms with Crippen molar-refractivity contribution < 1.29 is 0 Å². The van der Waals surface area contributed by atoms with Gasteiger partial charge in [-0.2, -0.15) is 0 Å². The van der Waals surface area contributed by atoms with Gasteiger partial charge in [0.25, 0.3) is 0 Å². The molecule has 0 aliphatic carbocycles. The Balaban J connectivity index is 0.00000261. The summed E-state index contributed by atoms with van der Waals surface area (Å²) in [4.78, 5) is 2.36. The van der Waals surface area contributed by atoms with Gasteiger partial charge in [-0.05, 0) is 44.1 Å². The molecule has 142 valence electrons. The molecule has 0 spiro atoms. The minimum atomic E-state index is 0. The molecule has 2 aromatic carbocycles. The molecule has 0 saturated carbocycles. The maximum Gasteiger partial charge on any atom is 0.148 e. The number of benzene rings is 2. The van der Waals surface area contributed by atoms with E-state index in [1.165, 1.54) is 5.56 Å². The van der Waals surface area contributed by atoms with E-state index in [2.05, 4.69) is 57.8 Å². The molecule has 0 aliphatic rings. The van der Waals surface area contributed by atoms with Crippen LogP contribution in [0.1, 0.15) is 18.4 Å². The van der Waals surface area contributed by atoms with Crippen molar-refractivity contribution in [1.82, 2.24) is 15.1 Å².